The number of pyridine rings is 1. The number of aromatic nitrogens is 1. The Morgan fingerprint density at radius 3 is 2.62 bits per heavy atom. The van der Waals surface area contributed by atoms with Crippen LogP contribution in [-0.4, -0.2) is 48.5 Å². The molecule has 0 saturated carbocycles. The summed E-state index contributed by atoms with van der Waals surface area (Å²) in [5, 5.41) is 4.02. The van der Waals surface area contributed by atoms with Crippen molar-refractivity contribution in [1.82, 2.24) is 9.88 Å². The minimum Gasteiger partial charge on any atom is -0.383 e. The molecule has 1 amide bonds. The first-order chi connectivity index (χ1) is 12.5. The van der Waals surface area contributed by atoms with Gasteiger partial charge in [0.25, 0.3) is 0 Å². The smallest absolute Gasteiger partial charge is 0.224 e. The van der Waals surface area contributed by atoms with Crippen LogP contribution in [0.4, 0.5) is 11.5 Å². The number of halogens is 1. The number of aryl methyl sites for hydroxylation is 2. The molecule has 1 saturated heterocycles. The fourth-order valence-corrected chi connectivity index (χ4v) is 3.71. The van der Waals surface area contributed by atoms with Crippen LogP contribution in [0.3, 0.4) is 0 Å². The van der Waals surface area contributed by atoms with Gasteiger partial charge in [-0.2, -0.15) is 0 Å². The fraction of sp³-hybridized carbons (Fsp3) is 0.400. The summed E-state index contributed by atoms with van der Waals surface area (Å²) in [5.74, 6) is 1.16. The molecule has 0 bridgehead atoms. The molecule has 5 nitrogen and oxygen atoms in total. The minimum absolute atomic E-state index is 0.180. The lowest BCUT2D eigenvalue weighted by Gasteiger charge is -2.35. The van der Waals surface area contributed by atoms with Crippen LogP contribution in [0.25, 0.3) is 0 Å². The number of rotatable bonds is 5. The first kappa shape index (κ1) is 18.5. The maximum absolute atomic E-state index is 12.5. The van der Waals surface area contributed by atoms with Crippen molar-refractivity contribution < 1.29 is 4.79 Å². The summed E-state index contributed by atoms with van der Waals surface area (Å²) in [7, 11) is 0. The van der Waals surface area contributed by atoms with Gasteiger partial charge in [-0.1, -0.05) is 23.7 Å². The van der Waals surface area contributed by atoms with Crippen molar-refractivity contribution in [1.29, 1.82) is 0 Å². The molecule has 1 aromatic carbocycles. The Kier molecular flexibility index (Phi) is 5.99. The molecule has 1 aliphatic heterocycles. The van der Waals surface area contributed by atoms with Gasteiger partial charge in [-0.25, -0.2) is 4.98 Å². The molecule has 0 radical (unpaired) electrons. The quantitative estimate of drug-likeness (QED) is 0.872. The lowest BCUT2D eigenvalue weighted by molar-refractivity contribution is -0.131. The SMILES string of the molecule is Cc1cc(C)c(NCCC(=O)N2CCN(c3ccccn3)CC2)c(Cl)c1. The number of nitrogens with zero attached hydrogens (tertiary/aromatic N) is 3. The van der Waals surface area contributed by atoms with Crippen LogP contribution in [0.5, 0.6) is 0 Å². The normalized spacial score (nSPS) is 14.4. The van der Waals surface area contributed by atoms with Crippen molar-refractivity contribution >= 4 is 29.0 Å². The van der Waals surface area contributed by atoms with Gasteiger partial charge in [0, 0.05) is 45.3 Å². The summed E-state index contributed by atoms with van der Waals surface area (Å²) in [6, 6.07) is 9.94. The number of amides is 1. The molecule has 1 aliphatic rings. The predicted octanol–water partition coefficient (Wildman–Crippen LogP) is 3.50. The van der Waals surface area contributed by atoms with E-state index in [9.17, 15) is 4.79 Å². The highest BCUT2D eigenvalue weighted by Gasteiger charge is 2.21. The van der Waals surface area contributed by atoms with Crippen molar-refractivity contribution in [2.45, 2.75) is 20.3 Å². The Balaban J connectivity index is 1.46. The summed E-state index contributed by atoms with van der Waals surface area (Å²) < 4.78 is 0. The average molecular weight is 373 g/mol. The van der Waals surface area contributed by atoms with Crippen LogP contribution in [0.1, 0.15) is 17.5 Å². The number of hydrogen-bond donors (Lipinski definition) is 1. The first-order valence-corrected chi connectivity index (χ1v) is 9.37. The van der Waals surface area contributed by atoms with E-state index in [1.165, 1.54) is 0 Å². The molecule has 26 heavy (non-hydrogen) atoms. The lowest BCUT2D eigenvalue weighted by Crippen LogP contribution is -2.49. The molecule has 0 unspecified atom stereocenters. The van der Waals surface area contributed by atoms with Gasteiger partial charge in [-0.05, 0) is 43.2 Å². The molecule has 1 fully saturated rings. The van der Waals surface area contributed by atoms with Gasteiger partial charge in [0.2, 0.25) is 5.91 Å². The second kappa shape index (κ2) is 8.41. The molecule has 138 valence electrons. The largest absolute Gasteiger partial charge is 0.383 e. The van der Waals surface area contributed by atoms with E-state index in [1.54, 1.807) is 6.20 Å². The molecule has 0 aliphatic carbocycles. The van der Waals surface area contributed by atoms with Crippen molar-refractivity contribution in [3.63, 3.8) is 0 Å². The molecule has 0 spiro atoms. The number of carbonyl (C=O) groups is 1. The van der Waals surface area contributed by atoms with E-state index >= 15 is 0 Å². The lowest BCUT2D eigenvalue weighted by atomic mass is 10.1. The van der Waals surface area contributed by atoms with E-state index in [2.05, 4.69) is 21.3 Å². The molecule has 2 aromatic rings. The average Bonchev–Trinajstić information content (AvgIpc) is 2.64. The number of piperazine rings is 1. The van der Waals surface area contributed by atoms with Crippen LogP contribution in [0.15, 0.2) is 36.5 Å². The summed E-state index contributed by atoms with van der Waals surface area (Å²) in [6.45, 7) is 7.75. The van der Waals surface area contributed by atoms with Crippen LogP contribution in [0.2, 0.25) is 5.02 Å². The minimum atomic E-state index is 0.180. The summed E-state index contributed by atoms with van der Waals surface area (Å²) in [6.07, 6.45) is 2.27. The zero-order chi connectivity index (χ0) is 18.5. The third kappa shape index (κ3) is 4.47. The zero-order valence-corrected chi connectivity index (χ0v) is 16.1. The van der Waals surface area contributed by atoms with Crippen molar-refractivity contribution in [2.24, 2.45) is 0 Å². The van der Waals surface area contributed by atoms with Gasteiger partial charge in [-0.15, -0.1) is 0 Å². The monoisotopic (exact) mass is 372 g/mol. The third-order valence-corrected chi connectivity index (χ3v) is 4.98. The number of anilines is 2. The van der Waals surface area contributed by atoms with Crippen LogP contribution >= 0.6 is 11.6 Å². The van der Waals surface area contributed by atoms with Crippen LogP contribution < -0.4 is 10.2 Å². The van der Waals surface area contributed by atoms with E-state index in [0.29, 0.717) is 18.0 Å². The third-order valence-electron chi connectivity index (χ3n) is 4.68. The summed E-state index contributed by atoms with van der Waals surface area (Å²) >= 11 is 6.30. The van der Waals surface area contributed by atoms with E-state index in [1.807, 2.05) is 43.0 Å². The summed E-state index contributed by atoms with van der Waals surface area (Å²) in [5.41, 5.74) is 3.16. The van der Waals surface area contributed by atoms with Gasteiger partial charge in [0.15, 0.2) is 0 Å². The molecule has 6 heteroatoms. The topological polar surface area (TPSA) is 48.5 Å². The van der Waals surface area contributed by atoms with Gasteiger partial charge in [0.05, 0.1) is 10.7 Å². The van der Waals surface area contributed by atoms with Gasteiger partial charge >= 0.3 is 0 Å². The fourth-order valence-electron chi connectivity index (χ4n) is 3.32. The maximum Gasteiger partial charge on any atom is 0.224 e. The number of nitrogens with one attached hydrogen (secondary N) is 1. The second-order valence-corrected chi connectivity index (χ2v) is 7.08. The van der Waals surface area contributed by atoms with Crippen LogP contribution in [-0.2, 0) is 4.79 Å². The Morgan fingerprint density at radius 2 is 1.96 bits per heavy atom. The highest BCUT2D eigenvalue weighted by molar-refractivity contribution is 6.33. The molecular formula is C20H25ClN4O. The van der Waals surface area contributed by atoms with Gasteiger partial charge in [0.1, 0.15) is 5.82 Å². The van der Waals surface area contributed by atoms with E-state index in [-0.39, 0.29) is 5.91 Å². The van der Waals surface area contributed by atoms with Crippen molar-refractivity contribution in [3.05, 3.63) is 52.7 Å². The van der Waals surface area contributed by atoms with Crippen molar-refractivity contribution in [3.8, 4) is 0 Å². The highest BCUT2D eigenvalue weighted by Crippen LogP contribution is 2.27. The molecule has 0 atom stereocenters. The molecule has 3 rings (SSSR count). The molecular weight excluding hydrogens is 348 g/mol. The Labute approximate surface area is 160 Å². The molecule has 1 aromatic heterocycles. The summed E-state index contributed by atoms with van der Waals surface area (Å²) in [4.78, 5) is 21.0. The maximum atomic E-state index is 12.5. The highest BCUT2D eigenvalue weighted by atomic mass is 35.5. The van der Waals surface area contributed by atoms with Gasteiger partial charge in [-0.3, -0.25) is 4.79 Å². The van der Waals surface area contributed by atoms with Crippen molar-refractivity contribution in [2.75, 3.05) is 42.9 Å². The van der Waals surface area contributed by atoms with Gasteiger partial charge < -0.3 is 15.1 Å². The Hall–Kier alpha value is -2.27. The Bertz CT molecular complexity index is 735. The number of hydrogen-bond acceptors (Lipinski definition) is 4. The van der Waals surface area contributed by atoms with E-state index in [4.69, 9.17) is 11.6 Å². The number of benzene rings is 1. The number of carbonyl (C=O) groups excluding carboxylic acids is 1. The standard InChI is InChI=1S/C20H25ClN4O/c1-15-13-16(2)20(17(21)14-15)23-8-6-19(26)25-11-9-24(10-12-25)18-5-3-4-7-22-18/h3-5,7,13-14,23H,6,8-12H2,1-2H3. The second-order valence-electron chi connectivity index (χ2n) is 6.67. The van der Waals surface area contributed by atoms with Crippen LogP contribution in [0, 0.1) is 13.8 Å². The molecule has 2 heterocycles. The molecule has 1 N–H and O–H groups in total. The van der Waals surface area contributed by atoms with E-state index in [0.717, 1.165) is 48.8 Å². The zero-order valence-electron chi connectivity index (χ0n) is 15.3. The predicted molar refractivity (Wildman–Crippen MR) is 107 cm³/mol. The Morgan fingerprint density at radius 1 is 1.19 bits per heavy atom. The van der Waals surface area contributed by atoms with E-state index < -0.39 is 0 Å². The first-order valence-electron chi connectivity index (χ1n) is 8.99.